The fourth-order valence-electron chi connectivity index (χ4n) is 1.26. The Morgan fingerprint density at radius 1 is 1.25 bits per heavy atom. The molecule has 1 aromatic carbocycles. The summed E-state index contributed by atoms with van der Waals surface area (Å²) in [5.74, 6) is 0. The molecular formula is C11H14O. The van der Waals surface area contributed by atoms with Crippen molar-refractivity contribution in [3.63, 3.8) is 0 Å². The van der Waals surface area contributed by atoms with Crippen LogP contribution in [0, 0.1) is 6.92 Å². The van der Waals surface area contributed by atoms with Gasteiger partial charge in [0.05, 0.1) is 0 Å². The molecule has 0 aliphatic carbocycles. The zero-order valence-corrected chi connectivity index (χ0v) is 7.63. The second kappa shape index (κ2) is 4.05. The van der Waals surface area contributed by atoms with Gasteiger partial charge in [0.2, 0.25) is 0 Å². The zero-order chi connectivity index (χ0) is 8.97. The van der Waals surface area contributed by atoms with E-state index in [1.165, 1.54) is 5.56 Å². The molecular weight excluding hydrogens is 148 g/mol. The molecule has 0 aromatic heterocycles. The third-order valence-corrected chi connectivity index (χ3v) is 2.03. The van der Waals surface area contributed by atoms with Crippen LogP contribution in [0.2, 0.25) is 0 Å². The molecule has 0 amide bonds. The predicted octanol–water partition coefficient (Wildman–Crippen LogP) is 2.31. The summed E-state index contributed by atoms with van der Waals surface area (Å²) < 4.78 is 0. The summed E-state index contributed by atoms with van der Waals surface area (Å²) in [6.07, 6.45) is 2.08. The Kier molecular flexibility index (Phi) is 3.03. The Balaban J connectivity index is 3.22. The summed E-state index contributed by atoms with van der Waals surface area (Å²) in [5, 5.41) is 0. The molecule has 0 aliphatic heterocycles. The van der Waals surface area contributed by atoms with Crippen molar-refractivity contribution in [1.29, 1.82) is 0 Å². The van der Waals surface area contributed by atoms with E-state index in [4.69, 9.17) is 0 Å². The minimum Gasteiger partial charge on any atom is -0.290 e. The summed E-state index contributed by atoms with van der Waals surface area (Å²) in [6.45, 7) is 4.02. The highest BCUT2D eigenvalue weighted by atomic mass is 16.1. The topological polar surface area (TPSA) is 17.1 Å². The van der Waals surface area contributed by atoms with Crippen LogP contribution in [0.3, 0.4) is 0 Å². The lowest BCUT2D eigenvalue weighted by atomic mass is 10.1. The normalized spacial score (nSPS) is 9.83. The van der Waals surface area contributed by atoms with E-state index in [1.54, 1.807) is 12.1 Å². The standard InChI is InChI=1S/C11H14O/c1-3-6-10-7-4-5-8-11(12)9(10)2/h4-5,7-8H,3,6H2,1-2H3. The van der Waals surface area contributed by atoms with Gasteiger partial charge in [0.1, 0.15) is 0 Å². The lowest BCUT2D eigenvalue weighted by molar-refractivity contribution is 0.913. The molecule has 0 aliphatic rings. The Bertz CT molecular complexity index is 315. The molecule has 0 unspecified atom stereocenters. The van der Waals surface area contributed by atoms with Crippen molar-refractivity contribution < 1.29 is 0 Å². The van der Waals surface area contributed by atoms with Gasteiger partial charge >= 0.3 is 0 Å². The first-order chi connectivity index (χ1) is 5.75. The van der Waals surface area contributed by atoms with Crippen LogP contribution in [0.4, 0.5) is 0 Å². The molecule has 0 bridgehead atoms. The smallest absolute Gasteiger partial charge is 0.181 e. The van der Waals surface area contributed by atoms with Gasteiger partial charge in [0, 0.05) is 0 Å². The summed E-state index contributed by atoms with van der Waals surface area (Å²) in [6, 6.07) is 7.38. The number of hydrogen-bond acceptors (Lipinski definition) is 1. The zero-order valence-electron chi connectivity index (χ0n) is 7.63. The average Bonchev–Trinajstić information content (AvgIpc) is 2.20. The highest BCUT2D eigenvalue weighted by Gasteiger charge is 1.96. The Morgan fingerprint density at radius 2 is 1.92 bits per heavy atom. The van der Waals surface area contributed by atoms with E-state index in [9.17, 15) is 4.79 Å². The van der Waals surface area contributed by atoms with E-state index in [2.05, 4.69) is 6.92 Å². The average molecular weight is 162 g/mol. The second-order valence-electron chi connectivity index (χ2n) is 2.98. The Hall–Kier alpha value is -1.11. The van der Waals surface area contributed by atoms with Crippen LogP contribution >= 0.6 is 0 Å². The van der Waals surface area contributed by atoms with Crippen LogP contribution in [0.25, 0.3) is 0 Å². The van der Waals surface area contributed by atoms with E-state index in [-0.39, 0.29) is 5.43 Å². The number of rotatable bonds is 2. The van der Waals surface area contributed by atoms with E-state index < -0.39 is 0 Å². The van der Waals surface area contributed by atoms with Crippen LogP contribution < -0.4 is 5.43 Å². The van der Waals surface area contributed by atoms with Crippen molar-refractivity contribution in [2.45, 2.75) is 26.7 Å². The van der Waals surface area contributed by atoms with Gasteiger partial charge in [-0.15, -0.1) is 0 Å². The lowest BCUT2D eigenvalue weighted by Crippen LogP contribution is -2.02. The summed E-state index contributed by atoms with van der Waals surface area (Å²) in [5.41, 5.74) is 2.21. The molecule has 0 spiro atoms. The molecule has 1 rings (SSSR count). The fraction of sp³-hybridized carbons (Fsp3) is 0.364. The maximum Gasteiger partial charge on any atom is 0.181 e. The Labute approximate surface area is 73.1 Å². The van der Waals surface area contributed by atoms with Crippen molar-refractivity contribution >= 4 is 0 Å². The number of aryl methyl sites for hydroxylation is 1. The molecule has 1 aromatic rings. The van der Waals surface area contributed by atoms with Gasteiger partial charge < -0.3 is 0 Å². The highest BCUT2D eigenvalue weighted by molar-refractivity contribution is 5.24. The van der Waals surface area contributed by atoms with E-state index in [1.807, 2.05) is 19.1 Å². The third kappa shape index (κ3) is 1.94. The van der Waals surface area contributed by atoms with Gasteiger partial charge in [-0.3, -0.25) is 4.79 Å². The summed E-state index contributed by atoms with van der Waals surface area (Å²) in [7, 11) is 0. The predicted molar refractivity (Wildman–Crippen MR) is 51.4 cm³/mol. The van der Waals surface area contributed by atoms with Gasteiger partial charge in [-0.1, -0.05) is 31.5 Å². The van der Waals surface area contributed by atoms with Crippen LogP contribution in [0.5, 0.6) is 0 Å². The molecule has 0 radical (unpaired) electrons. The molecule has 64 valence electrons. The quantitative estimate of drug-likeness (QED) is 0.652. The lowest BCUT2D eigenvalue weighted by Gasteiger charge is -1.96. The minimum absolute atomic E-state index is 0.142. The maximum atomic E-state index is 11.3. The third-order valence-electron chi connectivity index (χ3n) is 2.03. The second-order valence-corrected chi connectivity index (χ2v) is 2.98. The van der Waals surface area contributed by atoms with Crippen molar-refractivity contribution in [3.05, 3.63) is 45.6 Å². The first kappa shape index (κ1) is 8.98. The van der Waals surface area contributed by atoms with Crippen molar-refractivity contribution in [3.8, 4) is 0 Å². The van der Waals surface area contributed by atoms with Crippen LogP contribution in [-0.4, -0.2) is 0 Å². The first-order valence-corrected chi connectivity index (χ1v) is 4.34. The fourth-order valence-corrected chi connectivity index (χ4v) is 1.26. The van der Waals surface area contributed by atoms with Gasteiger partial charge in [0.25, 0.3) is 0 Å². The molecule has 1 nitrogen and oxygen atoms in total. The van der Waals surface area contributed by atoms with E-state index >= 15 is 0 Å². The van der Waals surface area contributed by atoms with E-state index in [0.29, 0.717) is 0 Å². The largest absolute Gasteiger partial charge is 0.290 e. The van der Waals surface area contributed by atoms with Crippen molar-refractivity contribution in [2.75, 3.05) is 0 Å². The molecule has 0 N–H and O–H groups in total. The Morgan fingerprint density at radius 3 is 2.58 bits per heavy atom. The highest BCUT2D eigenvalue weighted by Crippen LogP contribution is 2.03. The van der Waals surface area contributed by atoms with Gasteiger partial charge in [-0.2, -0.15) is 0 Å². The minimum atomic E-state index is 0.142. The van der Waals surface area contributed by atoms with Gasteiger partial charge in [0.15, 0.2) is 5.43 Å². The van der Waals surface area contributed by atoms with Crippen molar-refractivity contribution in [2.24, 2.45) is 0 Å². The molecule has 12 heavy (non-hydrogen) atoms. The van der Waals surface area contributed by atoms with Crippen LogP contribution in [-0.2, 0) is 6.42 Å². The monoisotopic (exact) mass is 162 g/mol. The van der Waals surface area contributed by atoms with Gasteiger partial charge in [-0.05, 0) is 30.5 Å². The van der Waals surface area contributed by atoms with Crippen molar-refractivity contribution in [1.82, 2.24) is 0 Å². The number of hydrogen-bond donors (Lipinski definition) is 0. The maximum absolute atomic E-state index is 11.3. The van der Waals surface area contributed by atoms with Gasteiger partial charge in [-0.25, -0.2) is 0 Å². The summed E-state index contributed by atoms with van der Waals surface area (Å²) >= 11 is 0. The van der Waals surface area contributed by atoms with E-state index in [0.717, 1.165) is 18.4 Å². The molecule has 0 heterocycles. The molecule has 0 saturated heterocycles. The molecule has 0 atom stereocenters. The first-order valence-electron chi connectivity index (χ1n) is 4.34. The SMILES string of the molecule is CCCc1ccccc(=O)c1C. The molecule has 1 heteroatoms. The van der Waals surface area contributed by atoms with Crippen LogP contribution in [0.15, 0.2) is 29.1 Å². The molecule has 0 saturated carbocycles. The summed E-state index contributed by atoms with van der Waals surface area (Å²) in [4.78, 5) is 11.3. The molecule has 0 fully saturated rings. The van der Waals surface area contributed by atoms with Crippen LogP contribution in [0.1, 0.15) is 24.5 Å².